The van der Waals surface area contributed by atoms with E-state index in [1.165, 1.54) is 18.2 Å². The molecule has 3 N–H and O–H groups in total. The van der Waals surface area contributed by atoms with Crippen LogP contribution in [0.1, 0.15) is 15.9 Å². The predicted octanol–water partition coefficient (Wildman–Crippen LogP) is 2.91. The molecule has 7 heteroatoms. The van der Waals surface area contributed by atoms with Crippen molar-refractivity contribution in [3.05, 3.63) is 52.7 Å². The fraction of sp³-hybridized carbons (Fsp3) is 0.0769. The van der Waals surface area contributed by atoms with E-state index < -0.39 is 12.0 Å². The third-order valence-electron chi connectivity index (χ3n) is 2.49. The minimum absolute atomic E-state index is 0.0481. The quantitative estimate of drug-likeness (QED) is 0.811. The Labute approximate surface area is 118 Å². The van der Waals surface area contributed by atoms with Crippen LogP contribution in [0.3, 0.4) is 0 Å². The smallest absolute Gasteiger partial charge is 0.338 e. The number of aromatic carboxylic acids is 1. The number of nitrogens with one attached hydrogen (secondary N) is 2. The maximum Gasteiger partial charge on any atom is 0.338 e. The van der Waals surface area contributed by atoms with Gasteiger partial charge in [-0.15, -0.1) is 11.3 Å². The monoisotopic (exact) mass is 294 g/mol. The number of thiophene rings is 1. The molecule has 2 aromatic rings. The number of carbonyl (C=O) groups is 2. The van der Waals surface area contributed by atoms with Gasteiger partial charge in [-0.05, 0) is 29.1 Å². The van der Waals surface area contributed by atoms with E-state index >= 15 is 0 Å². The Kier molecular flexibility index (Phi) is 4.31. The molecular weight excluding hydrogens is 283 g/mol. The first-order valence-corrected chi connectivity index (χ1v) is 6.54. The second-order valence-electron chi connectivity index (χ2n) is 3.90. The van der Waals surface area contributed by atoms with Crippen molar-refractivity contribution < 1.29 is 19.1 Å². The zero-order chi connectivity index (χ0) is 14.5. The number of halogens is 1. The summed E-state index contributed by atoms with van der Waals surface area (Å²) in [6, 6.07) is 6.63. The Morgan fingerprint density at radius 3 is 2.55 bits per heavy atom. The molecule has 5 nitrogen and oxygen atoms in total. The molecule has 0 fully saturated rings. The highest BCUT2D eigenvalue weighted by atomic mass is 32.1. The molecule has 0 aliphatic heterocycles. The maximum atomic E-state index is 12.7. The molecule has 0 unspecified atom stereocenters. The SMILES string of the molecule is O=C(NCc1ccc(F)cc1)Nc1sccc1C(=O)O. The first kappa shape index (κ1) is 14.0. The van der Waals surface area contributed by atoms with Crippen LogP contribution in [0.15, 0.2) is 35.7 Å². The van der Waals surface area contributed by atoms with Crippen LogP contribution in [-0.4, -0.2) is 17.1 Å². The lowest BCUT2D eigenvalue weighted by Crippen LogP contribution is -2.28. The largest absolute Gasteiger partial charge is 0.478 e. The summed E-state index contributed by atoms with van der Waals surface area (Å²) in [5.74, 6) is -1.44. The lowest BCUT2D eigenvalue weighted by atomic mass is 10.2. The Balaban J connectivity index is 1.91. The number of carboxylic acids is 1. The Hall–Kier alpha value is -2.41. The van der Waals surface area contributed by atoms with E-state index in [0.717, 1.165) is 16.9 Å². The van der Waals surface area contributed by atoms with Crippen molar-refractivity contribution in [1.82, 2.24) is 5.32 Å². The van der Waals surface area contributed by atoms with Crippen LogP contribution in [0, 0.1) is 5.82 Å². The van der Waals surface area contributed by atoms with E-state index in [-0.39, 0.29) is 22.9 Å². The van der Waals surface area contributed by atoms with Crippen molar-refractivity contribution >= 4 is 28.3 Å². The second-order valence-corrected chi connectivity index (χ2v) is 4.82. The van der Waals surface area contributed by atoms with E-state index in [1.54, 1.807) is 17.5 Å². The molecule has 0 saturated carbocycles. The highest BCUT2D eigenvalue weighted by Gasteiger charge is 2.13. The summed E-state index contributed by atoms with van der Waals surface area (Å²) in [6.45, 7) is 0.222. The standard InChI is InChI=1S/C13H11FN2O3S/c14-9-3-1-8(2-4-9)7-15-13(19)16-11-10(12(17)18)5-6-20-11/h1-6H,7H2,(H,17,18)(H2,15,16,19). The van der Waals surface area contributed by atoms with Crippen LogP contribution in [0.5, 0.6) is 0 Å². The van der Waals surface area contributed by atoms with E-state index in [9.17, 15) is 14.0 Å². The average Bonchev–Trinajstić information content (AvgIpc) is 2.86. The number of urea groups is 1. The first-order valence-electron chi connectivity index (χ1n) is 5.66. The lowest BCUT2D eigenvalue weighted by Gasteiger charge is -2.07. The number of benzene rings is 1. The lowest BCUT2D eigenvalue weighted by molar-refractivity contribution is 0.0698. The zero-order valence-corrected chi connectivity index (χ0v) is 11.0. The van der Waals surface area contributed by atoms with Gasteiger partial charge in [0.2, 0.25) is 0 Å². The van der Waals surface area contributed by atoms with Gasteiger partial charge in [0.05, 0.1) is 5.56 Å². The van der Waals surface area contributed by atoms with Crippen LogP contribution in [-0.2, 0) is 6.54 Å². The molecule has 0 atom stereocenters. The topological polar surface area (TPSA) is 78.4 Å². The fourth-order valence-electron chi connectivity index (χ4n) is 1.51. The Morgan fingerprint density at radius 1 is 1.20 bits per heavy atom. The number of amides is 2. The summed E-state index contributed by atoms with van der Waals surface area (Å²) < 4.78 is 12.7. The van der Waals surface area contributed by atoms with Crippen molar-refractivity contribution in [1.29, 1.82) is 0 Å². The van der Waals surface area contributed by atoms with E-state index in [1.807, 2.05) is 0 Å². The molecule has 1 aromatic heterocycles. The molecular formula is C13H11FN2O3S. The zero-order valence-electron chi connectivity index (χ0n) is 10.2. The van der Waals surface area contributed by atoms with Crippen molar-refractivity contribution in [3.63, 3.8) is 0 Å². The number of anilines is 1. The molecule has 1 heterocycles. The Bertz CT molecular complexity index is 625. The van der Waals surface area contributed by atoms with Crippen LogP contribution in [0.4, 0.5) is 14.2 Å². The maximum absolute atomic E-state index is 12.7. The highest BCUT2D eigenvalue weighted by Crippen LogP contribution is 2.22. The van der Waals surface area contributed by atoms with Gasteiger partial charge in [0.25, 0.3) is 0 Å². The fourth-order valence-corrected chi connectivity index (χ4v) is 2.28. The van der Waals surface area contributed by atoms with Crippen LogP contribution in [0.25, 0.3) is 0 Å². The third-order valence-corrected chi connectivity index (χ3v) is 3.32. The summed E-state index contributed by atoms with van der Waals surface area (Å²) in [7, 11) is 0. The number of hydrogen-bond donors (Lipinski definition) is 3. The van der Waals surface area contributed by atoms with Crippen LogP contribution < -0.4 is 10.6 Å². The normalized spacial score (nSPS) is 10.1. The summed E-state index contributed by atoms with van der Waals surface area (Å²) in [4.78, 5) is 22.5. The van der Waals surface area contributed by atoms with Gasteiger partial charge in [0.15, 0.2) is 0 Å². The molecule has 104 valence electrons. The molecule has 0 bridgehead atoms. The van der Waals surface area contributed by atoms with Crippen molar-refractivity contribution in [2.75, 3.05) is 5.32 Å². The minimum atomic E-state index is -1.10. The highest BCUT2D eigenvalue weighted by molar-refractivity contribution is 7.14. The molecule has 0 saturated heterocycles. The summed E-state index contributed by atoms with van der Waals surface area (Å²) in [6.07, 6.45) is 0. The van der Waals surface area contributed by atoms with Gasteiger partial charge in [0, 0.05) is 6.54 Å². The summed E-state index contributed by atoms with van der Waals surface area (Å²) >= 11 is 1.13. The summed E-state index contributed by atoms with van der Waals surface area (Å²) in [5.41, 5.74) is 0.790. The van der Waals surface area contributed by atoms with Gasteiger partial charge in [-0.25, -0.2) is 14.0 Å². The molecule has 2 rings (SSSR count). The molecule has 20 heavy (non-hydrogen) atoms. The van der Waals surface area contributed by atoms with Crippen molar-refractivity contribution in [2.45, 2.75) is 6.54 Å². The number of carboxylic acid groups (broad SMARTS) is 1. The molecule has 0 spiro atoms. The van der Waals surface area contributed by atoms with Gasteiger partial charge in [-0.1, -0.05) is 12.1 Å². The number of carbonyl (C=O) groups excluding carboxylic acids is 1. The van der Waals surface area contributed by atoms with Crippen molar-refractivity contribution in [2.24, 2.45) is 0 Å². The molecule has 2 amide bonds. The minimum Gasteiger partial charge on any atom is -0.478 e. The molecule has 0 radical (unpaired) electrons. The molecule has 0 aliphatic carbocycles. The van der Waals surface area contributed by atoms with E-state index in [4.69, 9.17) is 5.11 Å². The second kappa shape index (κ2) is 6.16. The van der Waals surface area contributed by atoms with Gasteiger partial charge in [0.1, 0.15) is 10.8 Å². The van der Waals surface area contributed by atoms with Crippen LogP contribution >= 0.6 is 11.3 Å². The Morgan fingerprint density at radius 2 is 1.90 bits per heavy atom. The molecule has 0 aliphatic rings. The van der Waals surface area contributed by atoms with Gasteiger partial charge in [-0.3, -0.25) is 5.32 Å². The van der Waals surface area contributed by atoms with E-state index in [2.05, 4.69) is 10.6 Å². The predicted molar refractivity (Wildman–Crippen MR) is 73.5 cm³/mol. The van der Waals surface area contributed by atoms with Gasteiger partial charge in [-0.2, -0.15) is 0 Å². The third kappa shape index (κ3) is 3.55. The van der Waals surface area contributed by atoms with Crippen molar-refractivity contribution in [3.8, 4) is 0 Å². The molecule has 1 aromatic carbocycles. The van der Waals surface area contributed by atoms with Gasteiger partial charge >= 0.3 is 12.0 Å². The number of rotatable bonds is 4. The number of hydrogen-bond acceptors (Lipinski definition) is 3. The van der Waals surface area contributed by atoms with Crippen LogP contribution in [0.2, 0.25) is 0 Å². The first-order chi connectivity index (χ1) is 9.56. The average molecular weight is 294 g/mol. The van der Waals surface area contributed by atoms with E-state index in [0.29, 0.717) is 0 Å². The van der Waals surface area contributed by atoms with Gasteiger partial charge < -0.3 is 10.4 Å². The summed E-state index contributed by atoms with van der Waals surface area (Å²) in [5, 5.41) is 15.8.